The third-order valence-electron chi connectivity index (χ3n) is 3.84. The number of rotatable bonds is 2. The van der Waals surface area contributed by atoms with E-state index < -0.39 is 0 Å². The topological polar surface area (TPSA) is 34.2 Å². The number of fused-ring (bicyclic) bond motifs is 2. The van der Waals surface area contributed by atoms with Gasteiger partial charge in [-0.25, -0.2) is 0 Å². The average molecular weight is 256 g/mol. The van der Waals surface area contributed by atoms with Crippen molar-refractivity contribution in [3.63, 3.8) is 0 Å². The molecule has 0 amide bonds. The molecule has 1 aromatic heterocycles. The van der Waals surface area contributed by atoms with Gasteiger partial charge in [0.1, 0.15) is 0 Å². The standard InChI is InChI=1S/C16H20N2O/c1-10(2)11-4-5-14-12(8-11)16(17-3)13-9-19-7-6-15(13)18-14/h4-5,8,10H,6-7,9H2,1-3H3,(H,17,18). The Labute approximate surface area is 114 Å². The number of ether oxygens (including phenoxy) is 1. The molecule has 0 aliphatic carbocycles. The molecular formula is C16H20N2O. The lowest BCUT2D eigenvalue weighted by Gasteiger charge is -2.21. The number of anilines is 1. The molecule has 0 saturated carbocycles. The molecule has 0 spiro atoms. The molecule has 0 atom stereocenters. The minimum Gasteiger partial charge on any atom is -0.387 e. The highest BCUT2D eigenvalue weighted by Gasteiger charge is 2.18. The summed E-state index contributed by atoms with van der Waals surface area (Å²) < 4.78 is 5.59. The molecule has 2 aromatic rings. The fraction of sp³-hybridized carbons (Fsp3) is 0.438. The van der Waals surface area contributed by atoms with Gasteiger partial charge in [0, 0.05) is 24.4 Å². The van der Waals surface area contributed by atoms with Crippen molar-refractivity contribution in [1.82, 2.24) is 4.98 Å². The predicted octanol–water partition coefficient (Wildman–Crippen LogP) is 3.47. The maximum absolute atomic E-state index is 5.59. The van der Waals surface area contributed by atoms with Crippen LogP contribution in [0.1, 0.15) is 36.6 Å². The highest BCUT2D eigenvalue weighted by Crippen LogP contribution is 2.32. The van der Waals surface area contributed by atoms with Crippen LogP contribution in [0.3, 0.4) is 0 Å². The van der Waals surface area contributed by atoms with Crippen molar-refractivity contribution >= 4 is 16.6 Å². The molecule has 1 aliphatic heterocycles. The average Bonchev–Trinajstić information content (AvgIpc) is 2.44. The predicted molar refractivity (Wildman–Crippen MR) is 78.7 cm³/mol. The molecule has 0 unspecified atom stereocenters. The molecule has 0 saturated heterocycles. The summed E-state index contributed by atoms with van der Waals surface area (Å²) in [4.78, 5) is 4.80. The van der Waals surface area contributed by atoms with Crippen LogP contribution in [0.4, 0.5) is 5.69 Å². The number of nitrogens with one attached hydrogen (secondary N) is 1. The van der Waals surface area contributed by atoms with Crippen molar-refractivity contribution in [2.24, 2.45) is 0 Å². The molecule has 19 heavy (non-hydrogen) atoms. The number of aromatic nitrogens is 1. The van der Waals surface area contributed by atoms with E-state index in [-0.39, 0.29) is 0 Å². The Hall–Kier alpha value is -1.61. The number of hydrogen-bond acceptors (Lipinski definition) is 3. The van der Waals surface area contributed by atoms with E-state index in [1.54, 1.807) is 0 Å². The highest BCUT2D eigenvalue weighted by atomic mass is 16.5. The van der Waals surface area contributed by atoms with Gasteiger partial charge in [0.15, 0.2) is 0 Å². The first-order chi connectivity index (χ1) is 9.20. The zero-order valence-corrected chi connectivity index (χ0v) is 11.8. The third-order valence-corrected chi connectivity index (χ3v) is 3.84. The summed E-state index contributed by atoms with van der Waals surface area (Å²) in [6, 6.07) is 6.58. The van der Waals surface area contributed by atoms with E-state index in [0.717, 1.165) is 18.5 Å². The Morgan fingerprint density at radius 2 is 2.16 bits per heavy atom. The summed E-state index contributed by atoms with van der Waals surface area (Å²) in [5.41, 5.74) is 6.02. The SMILES string of the molecule is CNc1c2c(nc3ccc(C(C)C)cc13)CCOC2. The van der Waals surface area contributed by atoms with Crippen LogP contribution in [-0.4, -0.2) is 18.6 Å². The molecule has 1 aromatic carbocycles. The second-order valence-electron chi connectivity index (χ2n) is 5.40. The first-order valence-electron chi connectivity index (χ1n) is 6.91. The zero-order chi connectivity index (χ0) is 13.4. The van der Waals surface area contributed by atoms with Gasteiger partial charge < -0.3 is 10.1 Å². The van der Waals surface area contributed by atoms with E-state index in [1.165, 1.54) is 27.9 Å². The minimum atomic E-state index is 0.529. The quantitative estimate of drug-likeness (QED) is 0.893. The van der Waals surface area contributed by atoms with Crippen molar-refractivity contribution in [2.75, 3.05) is 19.0 Å². The molecule has 3 rings (SSSR count). The van der Waals surface area contributed by atoms with Crippen LogP contribution in [-0.2, 0) is 17.8 Å². The summed E-state index contributed by atoms with van der Waals surface area (Å²) in [6.07, 6.45) is 0.909. The molecule has 0 bridgehead atoms. The molecule has 2 heterocycles. The van der Waals surface area contributed by atoms with Crippen LogP contribution in [0.25, 0.3) is 10.9 Å². The monoisotopic (exact) mass is 256 g/mol. The number of pyridine rings is 1. The Morgan fingerprint density at radius 1 is 1.32 bits per heavy atom. The molecule has 0 fully saturated rings. The van der Waals surface area contributed by atoms with Crippen molar-refractivity contribution < 1.29 is 4.74 Å². The first kappa shape index (κ1) is 12.4. The summed E-state index contributed by atoms with van der Waals surface area (Å²) in [5.74, 6) is 0.529. The molecule has 1 N–H and O–H groups in total. The van der Waals surface area contributed by atoms with Gasteiger partial charge in [0.25, 0.3) is 0 Å². The molecule has 0 radical (unpaired) electrons. The summed E-state index contributed by atoms with van der Waals surface area (Å²) in [7, 11) is 1.98. The summed E-state index contributed by atoms with van der Waals surface area (Å²) >= 11 is 0. The fourth-order valence-corrected chi connectivity index (χ4v) is 2.72. The first-order valence-corrected chi connectivity index (χ1v) is 6.91. The highest BCUT2D eigenvalue weighted by molar-refractivity contribution is 5.94. The molecular weight excluding hydrogens is 236 g/mol. The fourth-order valence-electron chi connectivity index (χ4n) is 2.72. The van der Waals surface area contributed by atoms with Crippen LogP contribution in [0.5, 0.6) is 0 Å². The minimum absolute atomic E-state index is 0.529. The van der Waals surface area contributed by atoms with Crippen LogP contribution in [0, 0.1) is 0 Å². The van der Waals surface area contributed by atoms with Gasteiger partial charge in [-0.2, -0.15) is 0 Å². The normalized spacial score (nSPS) is 14.7. The van der Waals surface area contributed by atoms with Gasteiger partial charge in [0.05, 0.1) is 30.1 Å². The van der Waals surface area contributed by atoms with Gasteiger partial charge in [-0.05, 0) is 23.6 Å². The Kier molecular flexibility index (Phi) is 3.15. The van der Waals surface area contributed by atoms with Gasteiger partial charge in [-0.3, -0.25) is 4.98 Å². The number of nitrogens with zero attached hydrogens (tertiary/aromatic N) is 1. The summed E-state index contributed by atoms with van der Waals surface area (Å²) in [6.45, 7) is 5.88. The molecule has 3 heteroatoms. The van der Waals surface area contributed by atoms with E-state index in [9.17, 15) is 0 Å². The van der Waals surface area contributed by atoms with E-state index in [0.29, 0.717) is 12.5 Å². The van der Waals surface area contributed by atoms with E-state index >= 15 is 0 Å². The molecule has 100 valence electrons. The molecule has 3 nitrogen and oxygen atoms in total. The van der Waals surface area contributed by atoms with Crippen LogP contribution in [0.15, 0.2) is 18.2 Å². The van der Waals surface area contributed by atoms with Crippen molar-refractivity contribution in [2.45, 2.75) is 32.8 Å². The smallest absolute Gasteiger partial charge is 0.0755 e. The largest absolute Gasteiger partial charge is 0.387 e. The van der Waals surface area contributed by atoms with Gasteiger partial charge in [-0.1, -0.05) is 19.9 Å². The van der Waals surface area contributed by atoms with Gasteiger partial charge in [-0.15, -0.1) is 0 Å². The van der Waals surface area contributed by atoms with Crippen molar-refractivity contribution in [3.8, 4) is 0 Å². The lowest BCUT2D eigenvalue weighted by Crippen LogP contribution is -2.14. The Morgan fingerprint density at radius 3 is 2.89 bits per heavy atom. The van der Waals surface area contributed by atoms with Gasteiger partial charge >= 0.3 is 0 Å². The Bertz CT molecular complexity index is 620. The number of hydrogen-bond donors (Lipinski definition) is 1. The van der Waals surface area contributed by atoms with E-state index in [4.69, 9.17) is 9.72 Å². The van der Waals surface area contributed by atoms with Crippen LogP contribution >= 0.6 is 0 Å². The van der Waals surface area contributed by atoms with Crippen LogP contribution in [0.2, 0.25) is 0 Å². The van der Waals surface area contributed by atoms with Crippen molar-refractivity contribution in [3.05, 3.63) is 35.0 Å². The molecule has 1 aliphatic rings. The lowest BCUT2D eigenvalue weighted by molar-refractivity contribution is 0.110. The second-order valence-corrected chi connectivity index (χ2v) is 5.40. The summed E-state index contributed by atoms with van der Waals surface area (Å²) in [5, 5.41) is 4.55. The zero-order valence-electron chi connectivity index (χ0n) is 11.8. The lowest BCUT2D eigenvalue weighted by atomic mass is 9.97. The maximum Gasteiger partial charge on any atom is 0.0755 e. The second kappa shape index (κ2) is 4.82. The Balaban J connectivity index is 2.28. The van der Waals surface area contributed by atoms with Crippen LogP contribution < -0.4 is 5.32 Å². The maximum atomic E-state index is 5.59. The number of benzene rings is 1. The van der Waals surface area contributed by atoms with E-state index in [2.05, 4.69) is 37.4 Å². The third kappa shape index (κ3) is 2.08. The van der Waals surface area contributed by atoms with Crippen molar-refractivity contribution in [1.29, 1.82) is 0 Å². The van der Waals surface area contributed by atoms with Gasteiger partial charge in [0.2, 0.25) is 0 Å². The van der Waals surface area contributed by atoms with E-state index in [1.807, 2.05) is 7.05 Å².